The molecular weight excluding hydrogens is 415 g/mol. The van der Waals surface area contributed by atoms with Crippen molar-refractivity contribution in [2.45, 2.75) is 5.92 Å². The lowest BCUT2D eigenvalue weighted by Crippen LogP contribution is -2.21. The minimum atomic E-state index is -0.596. The third-order valence-electron chi connectivity index (χ3n) is 4.68. The summed E-state index contributed by atoms with van der Waals surface area (Å²) >= 11 is 12.2. The molecule has 1 atom stereocenters. The van der Waals surface area contributed by atoms with Crippen LogP contribution >= 0.6 is 23.2 Å². The van der Waals surface area contributed by atoms with Gasteiger partial charge in [-0.05, 0) is 29.8 Å². The summed E-state index contributed by atoms with van der Waals surface area (Å²) in [6, 6.07) is 12.1. The quantitative estimate of drug-likeness (QED) is 0.571. The van der Waals surface area contributed by atoms with Crippen molar-refractivity contribution in [1.29, 1.82) is 5.26 Å². The van der Waals surface area contributed by atoms with Crippen LogP contribution in [0.4, 0.5) is 0 Å². The molecule has 1 aliphatic heterocycles. The summed E-state index contributed by atoms with van der Waals surface area (Å²) in [4.78, 5) is 0. The van der Waals surface area contributed by atoms with E-state index in [0.717, 1.165) is 0 Å². The van der Waals surface area contributed by atoms with Crippen molar-refractivity contribution < 1.29 is 14.6 Å². The van der Waals surface area contributed by atoms with Crippen LogP contribution in [0.15, 0.2) is 47.9 Å². The van der Waals surface area contributed by atoms with E-state index in [2.05, 4.69) is 16.3 Å². The average molecular weight is 429 g/mol. The Kier molecular flexibility index (Phi) is 4.74. The molecule has 0 radical (unpaired) electrons. The van der Waals surface area contributed by atoms with Gasteiger partial charge in [0.05, 0.1) is 34.3 Å². The number of phenols is 1. The lowest BCUT2D eigenvalue weighted by atomic mass is 9.83. The number of aromatic nitrogens is 2. The highest BCUT2D eigenvalue weighted by Crippen LogP contribution is 2.47. The molecule has 7 nitrogen and oxygen atoms in total. The Balaban J connectivity index is 1.95. The number of nitrogens with two attached hydrogens (primary N) is 1. The number of nitrogens with one attached hydrogen (secondary N) is 1. The van der Waals surface area contributed by atoms with Gasteiger partial charge >= 0.3 is 0 Å². The van der Waals surface area contributed by atoms with Crippen LogP contribution in [0, 0.1) is 11.3 Å². The number of ether oxygens (including phenoxy) is 2. The first kappa shape index (κ1) is 19.0. The van der Waals surface area contributed by atoms with E-state index in [-0.39, 0.29) is 28.8 Å². The van der Waals surface area contributed by atoms with E-state index in [1.54, 1.807) is 30.3 Å². The minimum absolute atomic E-state index is 0.0177. The van der Waals surface area contributed by atoms with Crippen LogP contribution in [0.2, 0.25) is 10.0 Å². The smallest absolute Gasteiger partial charge is 0.244 e. The Morgan fingerprint density at radius 3 is 2.72 bits per heavy atom. The van der Waals surface area contributed by atoms with Gasteiger partial charge in [-0.25, -0.2) is 0 Å². The second-order valence-electron chi connectivity index (χ2n) is 6.30. The van der Waals surface area contributed by atoms with Gasteiger partial charge in [0.25, 0.3) is 0 Å². The van der Waals surface area contributed by atoms with Crippen molar-refractivity contribution in [3.8, 4) is 34.7 Å². The topological polar surface area (TPSA) is 117 Å². The minimum Gasteiger partial charge on any atom is -0.504 e. The van der Waals surface area contributed by atoms with Crippen LogP contribution < -0.4 is 15.2 Å². The largest absolute Gasteiger partial charge is 0.504 e. The Bertz CT molecular complexity index is 1200. The van der Waals surface area contributed by atoms with E-state index in [1.165, 1.54) is 13.2 Å². The summed E-state index contributed by atoms with van der Waals surface area (Å²) in [5, 5.41) is 27.7. The fourth-order valence-electron chi connectivity index (χ4n) is 3.32. The van der Waals surface area contributed by atoms with Crippen molar-refractivity contribution in [1.82, 2.24) is 10.2 Å². The average Bonchev–Trinajstić information content (AvgIpc) is 3.12. The van der Waals surface area contributed by atoms with Gasteiger partial charge in [0.15, 0.2) is 11.5 Å². The van der Waals surface area contributed by atoms with Gasteiger partial charge in [-0.1, -0.05) is 35.3 Å². The molecule has 1 aliphatic rings. The van der Waals surface area contributed by atoms with Crippen molar-refractivity contribution in [3.63, 3.8) is 0 Å². The summed E-state index contributed by atoms with van der Waals surface area (Å²) in [5.74, 6) is -0.132. The standard InChI is InChI=1S/C20H14Cl2N4O3/c1-28-15-7-9(3-5-14(15)27)16-11(8-23)19(24)29-20-17(16)18(25-26-20)10-2-4-12(21)13(22)6-10/h2-7,16,27H,24H2,1H3,(H,25,26)/t16-/m1/s1. The molecule has 0 saturated heterocycles. The molecule has 146 valence electrons. The molecule has 0 bridgehead atoms. The molecule has 0 saturated carbocycles. The van der Waals surface area contributed by atoms with Crippen molar-refractivity contribution in [2.75, 3.05) is 7.11 Å². The Morgan fingerprint density at radius 2 is 2.03 bits per heavy atom. The molecule has 0 amide bonds. The number of methoxy groups -OCH3 is 1. The summed E-state index contributed by atoms with van der Waals surface area (Å²) in [6.07, 6.45) is 0. The third-order valence-corrected chi connectivity index (χ3v) is 5.42. The van der Waals surface area contributed by atoms with Crippen LogP contribution in [0.25, 0.3) is 11.3 Å². The van der Waals surface area contributed by atoms with Gasteiger partial charge in [-0.15, -0.1) is 5.10 Å². The number of hydrogen-bond acceptors (Lipinski definition) is 6. The summed E-state index contributed by atoms with van der Waals surface area (Å²) in [5.41, 5.74) is 8.81. The molecule has 9 heteroatoms. The fraction of sp³-hybridized carbons (Fsp3) is 0.100. The van der Waals surface area contributed by atoms with Crippen LogP contribution in [0.5, 0.6) is 17.4 Å². The Hall–Kier alpha value is -3.34. The number of nitrogens with zero attached hydrogens (tertiary/aromatic N) is 2. The first-order valence-electron chi connectivity index (χ1n) is 8.42. The maximum Gasteiger partial charge on any atom is 0.244 e. The number of benzene rings is 2. The second kappa shape index (κ2) is 7.24. The summed E-state index contributed by atoms with van der Waals surface area (Å²) in [7, 11) is 1.45. The van der Waals surface area contributed by atoms with E-state index in [0.29, 0.717) is 32.4 Å². The van der Waals surface area contributed by atoms with Gasteiger partial charge in [0.1, 0.15) is 11.6 Å². The zero-order valence-electron chi connectivity index (χ0n) is 15.0. The maximum absolute atomic E-state index is 9.96. The summed E-state index contributed by atoms with van der Waals surface area (Å²) < 4.78 is 10.8. The molecule has 0 unspecified atom stereocenters. The molecule has 2 heterocycles. The number of phenolic OH excluding ortho intramolecular Hbond substituents is 1. The normalized spacial score (nSPS) is 15.4. The van der Waals surface area contributed by atoms with Gasteiger partial charge in [0, 0.05) is 5.56 Å². The number of aromatic hydroxyl groups is 1. The number of rotatable bonds is 3. The number of nitriles is 1. The van der Waals surface area contributed by atoms with Gasteiger partial charge in [-0.2, -0.15) is 5.26 Å². The molecule has 0 fully saturated rings. The highest BCUT2D eigenvalue weighted by Gasteiger charge is 2.36. The van der Waals surface area contributed by atoms with Crippen LogP contribution in [-0.2, 0) is 0 Å². The van der Waals surface area contributed by atoms with Gasteiger partial charge < -0.3 is 20.3 Å². The molecule has 0 aliphatic carbocycles. The first-order chi connectivity index (χ1) is 13.9. The zero-order chi connectivity index (χ0) is 20.7. The van der Waals surface area contributed by atoms with E-state index in [9.17, 15) is 10.4 Å². The summed E-state index contributed by atoms with van der Waals surface area (Å²) in [6.45, 7) is 0. The fourth-order valence-corrected chi connectivity index (χ4v) is 3.62. The SMILES string of the molecule is COc1cc([C@@H]2C(C#N)=C(N)Oc3n[nH]c(-c4ccc(Cl)c(Cl)c4)c32)ccc1O. The number of fused-ring (bicyclic) bond motifs is 1. The van der Waals surface area contributed by atoms with E-state index in [1.807, 2.05) is 0 Å². The number of H-pyrrole nitrogens is 1. The molecule has 2 aromatic carbocycles. The predicted octanol–water partition coefficient (Wildman–Crippen LogP) is 4.32. The van der Waals surface area contributed by atoms with Crippen molar-refractivity contribution >= 4 is 23.2 Å². The van der Waals surface area contributed by atoms with E-state index >= 15 is 0 Å². The van der Waals surface area contributed by atoms with Crippen molar-refractivity contribution in [2.24, 2.45) is 5.73 Å². The lowest BCUT2D eigenvalue weighted by Gasteiger charge is -2.24. The van der Waals surface area contributed by atoms with E-state index in [4.69, 9.17) is 38.4 Å². The van der Waals surface area contributed by atoms with Gasteiger partial charge in [-0.3, -0.25) is 5.10 Å². The number of allylic oxidation sites excluding steroid dienone is 1. The third kappa shape index (κ3) is 3.12. The van der Waals surface area contributed by atoms with Crippen LogP contribution in [-0.4, -0.2) is 22.4 Å². The number of aromatic amines is 1. The first-order valence-corrected chi connectivity index (χ1v) is 9.18. The molecule has 0 spiro atoms. The van der Waals surface area contributed by atoms with Crippen LogP contribution in [0.1, 0.15) is 17.0 Å². The number of halogens is 2. The highest BCUT2D eigenvalue weighted by molar-refractivity contribution is 6.42. The molecule has 1 aromatic heterocycles. The molecular formula is C20H14Cl2N4O3. The van der Waals surface area contributed by atoms with Crippen molar-refractivity contribution in [3.05, 3.63) is 69.0 Å². The maximum atomic E-state index is 9.96. The van der Waals surface area contributed by atoms with Crippen LogP contribution in [0.3, 0.4) is 0 Å². The molecule has 4 N–H and O–H groups in total. The molecule has 4 rings (SSSR count). The molecule has 3 aromatic rings. The predicted molar refractivity (Wildman–Crippen MR) is 108 cm³/mol. The lowest BCUT2D eigenvalue weighted by molar-refractivity contribution is 0.371. The number of hydrogen-bond donors (Lipinski definition) is 3. The Labute approximate surface area is 175 Å². The second-order valence-corrected chi connectivity index (χ2v) is 7.12. The highest BCUT2D eigenvalue weighted by atomic mass is 35.5. The van der Waals surface area contributed by atoms with E-state index < -0.39 is 5.92 Å². The zero-order valence-corrected chi connectivity index (χ0v) is 16.5. The monoisotopic (exact) mass is 428 g/mol. The Morgan fingerprint density at radius 1 is 1.24 bits per heavy atom. The van der Waals surface area contributed by atoms with Gasteiger partial charge in [0.2, 0.25) is 11.8 Å². The molecule has 29 heavy (non-hydrogen) atoms.